The van der Waals surface area contributed by atoms with E-state index in [-0.39, 0.29) is 12.5 Å². The van der Waals surface area contributed by atoms with Crippen molar-refractivity contribution in [1.29, 1.82) is 0 Å². The van der Waals surface area contributed by atoms with Crippen LogP contribution in [0, 0.1) is 0 Å². The quantitative estimate of drug-likeness (QED) is 0.885. The monoisotopic (exact) mass is 329 g/mol. The van der Waals surface area contributed by atoms with Crippen LogP contribution < -0.4 is 5.32 Å². The molecule has 0 unspecified atom stereocenters. The molecule has 2 aromatic rings. The average molecular weight is 330 g/mol. The maximum absolute atomic E-state index is 12.1. The number of amides is 1. The highest BCUT2D eigenvalue weighted by Gasteiger charge is 2.36. The zero-order valence-corrected chi connectivity index (χ0v) is 13.6. The van der Waals surface area contributed by atoms with E-state index in [1.165, 1.54) is 5.56 Å². The highest BCUT2D eigenvalue weighted by atomic mass is 35.5. The summed E-state index contributed by atoms with van der Waals surface area (Å²) in [4.78, 5) is 12.1. The van der Waals surface area contributed by atoms with Crippen LogP contribution in [0.1, 0.15) is 29.5 Å². The molecule has 120 valence electrons. The lowest BCUT2D eigenvalue weighted by atomic mass is 9.96. The number of hydrogen-bond donors (Lipinski definition) is 2. The van der Waals surface area contributed by atoms with Crippen LogP contribution in [0.5, 0.6) is 0 Å². The summed E-state index contributed by atoms with van der Waals surface area (Å²) in [6, 6.07) is 15.4. The molecule has 3 rings (SSSR count). The van der Waals surface area contributed by atoms with Gasteiger partial charge in [0.05, 0.1) is 6.54 Å². The number of halogens is 1. The van der Waals surface area contributed by atoms with Crippen molar-refractivity contribution in [1.82, 2.24) is 5.32 Å². The summed E-state index contributed by atoms with van der Waals surface area (Å²) >= 11 is 5.94. The number of hydrogen-bond acceptors (Lipinski definition) is 2. The Labute approximate surface area is 141 Å². The van der Waals surface area contributed by atoms with Crippen LogP contribution in [0.2, 0.25) is 5.02 Å². The Bertz CT molecular complexity index is 716. The van der Waals surface area contributed by atoms with Gasteiger partial charge in [0.1, 0.15) is 5.60 Å². The first-order valence-corrected chi connectivity index (χ1v) is 8.26. The SMILES string of the molecule is O=C(CCc1cccc(Cl)c1)NC[C@]1(O)CCc2ccccc21. The smallest absolute Gasteiger partial charge is 0.220 e. The van der Waals surface area contributed by atoms with E-state index in [1.54, 1.807) is 0 Å². The Morgan fingerprint density at radius 1 is 1.22 bits per heavy atom. The summed E-state index contributed by atoms with van der Waals surface area (Å²) in [7, 11) is 0. The number of aryl methyl sites for hydroxylation is 2. The Kier molecular flexibility index (Phi) is 4.69. The second-order valence-corrected chi connectivity index (χ2v) is 6.53. The Hall–Kier alpha value is -1.84. The van der Waals surface area contributed by atoms with Crippen molar-refractivity contribution in [3.8, 4) is 0 Å². The van der Waals surface area contributed by atoms with Crippen LogP contribution in [0.15, 0.2) is 48.5 Å². The molecule has 23 heavy (non-hydrogen) atoms. The van der Waals surface area contributed by atoms with Gasteiger partial charge in [-0.05, 0) is 48.1 Å². The highest BCUT2D eigenvalue weighted by Crippen LogP contribution is 2.36. The minimum Gasteiger partial charge on any atom is -0.383 e. The van der Waals surface area contributed by atoms with E-state index in [0.29, 0.717) is 24.3 Å². The van der Waals surface area contributed by atoms with Gasteiger partial charge in [-0.1, -0.05) is 48.0 Å². The van der Waals surface area contributed by atoms with Crippen LogP contribution >= 0.6 is 11.6 Å². The van der Waals surface area contributed by atoms with Crippen LogP contribution in [0.4, 0.5) is 0 Å². The maximum atomic E-state index is 12.1. The van der Waals surface area contributed by atoms with Crippen LogP contribution in [0.3, 0.4) is 0 Å². The molecule has 1 atom stereocenters. The van der Waals surface area contributed by atoms with E-state index in [1.807, 2.05) is 48.5 Å². The average Bonchev–Trinajstić information content (AvgIpc) is 2.89. The van der Waals surface area contributed by atoms with Crippen LogP contribution in [0.25, 0.3) is 0 Å². The molecule has 0 aliphatic heterocycles. The molecule has 1 aliphatic rings. The molecule has 0 spiro atoms. The van der Waals surface area contributed by atoms with E-state index in [4.69, 9.17) is 11.6 Å². The largest absolute Gasteiger partial charge is 0.383 e. The third kappa shape index (κ3) is 3.74. The minimum atomic E-state index is -0.942. The third-order valence-corrected chi connectivity index (χ3v) is 4.67. The number of benzene rings is 2. The number of fused-ring (bicyclic) bond motifs is 1. The Morgan fingerprint density at radius 2 is 2.04 bits per heavy atom. The van der Waals surface area contributed by atoms with E-state index < -0.39 is 5.60 Å². The molecule has 4 heteroatoms. The standard InChI is InChI=1S/C19H20ClNO2/c20-16-6-3-4-14(12-16)8-9-18(22)21-13-19(23)11-10-15-5-1-2-7-17(15)19/h1-7,12,23H,8-11,13H2,(H,21,22)/t19-/m1/s1. The van der Waals surface area contributed by atoms with Gasteiger partial charge >= 0.3 is 0 Å². The van der Waals surface area contributed by atoms with E-state index >= 15 is 0 Å². The number of nitrogens with one attached hydrogen (secondary N) is 1. The molecule has 2 aromatic carbocycles. The maximum Gasteiger partial charge on any atom is 0.220 e. The van der Waals surface area contributed by atoms with Crippen molar-refractivity contribution < 1.29 is 9.90 Å². The third-order valence-electron chi connectivity index (χ3n) is 4.43. The Morgan fingerprint density at radius 3 is 2.87 bits per heavy atom. The van der Waals surface area contributed by atoms with Gasteiger partial charge in [-0.2, -0.15) is 0 Å². The van der Waals surface area contributed by atoms with Gasteiger partial charge in [0.15, 0.2) is 0 Å². The number of aliphatic hydroxyl groups is 1. The van der Waals surface area contributed by atoms with Gasteiger partial charge in [0.2, 0.25) is 5.91 Å². The van der Waals surface area contributed by atoms with Gasteiger partial charge in [-0.15, -0.1) is 0 Å². The first-order chi connectivity index (χ1) is 11.1. The fourth-order valence-electron chi connectivity index (χ4n) is 3.14. The van der Waals surface area contributed by atoms with Gasteiger partial charge in [0, 0.05) is 11.4 Å². The fraction of sp³-hybridized carbons (Fsp3) is 0.316. The molecule has 0 saturated carbocycles. The lowest BCUT2D eigenvalue weighted by Crippen LogP contribution is -2.39. The summed E-state index contributed by atoms with van der Waals surface area (Å²) in [5, 5.41) is 14.3. The number of rotatable bonds is 5. The summed E-state index contributed by atoms with van der Waals surface area (Å²) < 4.78 is 0. The molecule has 0 radical (unpaired) electrons. The first kappa shape index (κ1) is 16.0. The number of carbonyl (C=O) groups is 1. The minimum absolute atomic E-state index is 0.0530. The molecule has 0 heterocycles. The van der Waals surface area contributed by atoms with E-state index in [2.05, 4.69) is 5.32 Å². The molecule has 1 aliphatic carbocycles. The van der Waals surface area contributed by atoms with Crippen molar-refractivity contribution in [3.63, 3.8) is 0 Å². The number of carbonyl (C=O) groups excluding carboxylic acids is 1. The molecular formula is C19H20ClNO2. The lowest BCUT2D eigenvalue weighted by Gasteiger charge is -2.24. The van der Waals surface area contributed by atoms with Gasteiger partial charge in [-0.3, -0.25) is 4.79 Å². The second kappa shape index (κ2) is 6.73. The zero-order chi connectivity index (χ0) is 16.3. The highest BCUT2D eigenvalue weighted by molar-refractivity contribution is 6.30. The van der Waals surface area contributed by atoms with Crippen molar-refractivity contribution in [2.45, 2.75) is 31.3 Å². The topological polar surface area (TPSA) is 49.3 Å². The molecule has 2 N–H and O–H groups in total. The lowest BCUT2D eigenvalue weighted by molar-refractivity contribution is -0.122. The molecule has 0 saturated heterocycles. The van der Waals surface area contributed by atoms with Crippen LogP contribution in [-0.2, 0) is 23.2 Å². The van der Waals surface area contributed by atoms with Crippen LogP contribution in [-0.4, -0.2) is 17.6 Å². The zero-order valence-electron chi connectivity index (χ0n) is 12.9. The van der Waals surface area contributed by atoms with Gasteiger partial charge < -0.3 is 10.4 Å². The van der Waals surface area contributed by atoms with Crippen molar-refractivity contribution in [2.75, 3.05) is 6.54 Å². The molecule has 3 nitrogen and oxygen atoms in total. The predicted octanol–water partition coefficient (Wildman–Crippen LogP) is 3.22. The predicted molar refractivity (Wildman–Crippen MR) is 91.4 cm³/mol. The Balaban J connectivity index is 1.53. The molecule has 0 aromatic heterocycles. The molecule has 0 bridgehead atoms. The van der Waals surface area contributed by atoms with E-state index in [9.17, 15) is 9.90 Å². The molecule has 0 fully saturated rings. The normalized spacial score (nSPS) is 19.4. The fourth-order valence-corrected chi connectivity index (χ4v) is 3.35. The molecular weight excluding hydrogens is 310 g/mol. The summed E-state index contributed by atoms with van der Waals surface area (Å²) in [5.41, 5.74) is 2.21. The summed E-state index contributed by atoms with van der Waals surface area (Å²) in [6.45, 7) is 0.262. The van der Waals surface area contributed by atoms with Gasteiger partial charge in [0.25, 0.3) is 0 Å². The van der Waals surface area contributed by atoms with E-state index in [0.717, 1.165) is 17.5 Å². The van der Waals surface area contributed by atoms with Crippen molar-refractivity contribution in [3.05, 3.63) is 70.2 Å². The first-order valence-electron chi connectivity index (χ1n) is 7.89. The van der Waals surface area contributed by atoms with Gasteiger partial charge in [-0.25, -0.2) is 0 Å². The summed E-state index contributed by atoms with van der Waals surface area (Å²) in [6.07, 6.45) is 2.53. The van der Waals surface area contributed by atoms with Crippen molar-refractivity contribution >= 4 is 17.5 Å². The summed E-state index contributed by atoms with van der Waals surface area (Å²) in [5.74, 6) is -0.0530. The second-order valence-electron chi connectivity index (χ2n) is 6.10. The molecule has 1 amide bonds. The van der Waals surface area contributed by atoms with Crippen molar-refractivity contribution in [2.24, 2.45) is 0 Å².